The Morgan fingerprint density at radius 2 is 1.90 bits per heavy atom. The minimum Gasteiger partial charge on any atom is -0.497 e. The molecule has 7 heteroatoms. The second-order valence-electron chi connectivity index (χ2n) is 7.21. The number of nitrogens with zero attached hydrogens (tertiary/aromatic N) is 1. The van der Waals surface area contributed by atoms with Gasteiger partial charge in [-0.25, -0.2) is 0 Å². The van der Waals surface area contributed by atoms with Gasteiger partial charge in [-0.05, 0) is 35.7 Å². The van der Waals surface area contributed by atoms with Gasteiger partial charge in [-0.1, -0.05) is 46.3 Å². The number of rotatable bonds is 9. The van der Waals surface area contributed by atoms with E-state index < -0.39 is 0 Å². The highest BCUT2D eigenvalue weighted by Gasteiger charge is 2.20. The highest BCUT2D eigenvalue weighted by molar-refractivity contribution is 9.09. The van der Waals surface area contributed by atoms with Crippen LogP contribution in [0.5, 0.6) is 5.75 Å². The van der Waals surface area contributed by atoms with Crippen molar-refractivity contribution in [2.24, 2.45) is 0 Å². The van der Waals surface area contributed by atoms with Crippen molar-refractivity contribution < 1.29 is 14.3 Å². The van der Waals surface area contributed by atoms with Gasteiger partial charge < -0.3 is 19.9 Å². The quantitative estimate of drug-likeness (QED) is 0.467. The summed E-state index contributed by atoms with van der Waals surface area (Å²) in [5.74, 6) is 0.630. The van der Waals surface area contributed by atoms with Crippen LogP contribution in [0.1, 0.15) is 18.1 Å². The zero-order valence-electron chi connectivity index (χ0n) is 17.2. The number of fused-ring (bicyclic) bond motifs is 1. The van der Waals surface area contributed by atoms with Gasteiger partial charge in [0.05, 0.1) is 18.5 Å². The van der Waals surface area contributed by atoms with Gasteiger partial charge in [-0.2, -0.15) is 0 Å². The first-order chi connectivity index (χ1) is 14.5. The van der Waals surface area contributed by atoms with E-state index in [0.717, 1.165) is 27.8 Å². The molecule has 1 atom stereocenters. The Morgan fingerprint density at radius 1 is 1.17 bits per heavy atom. The van der Waals surface area contributed by atoms with Gasteiger partial charge in [-0.3, -0.25) is 9.59 Å². The molecule has 0 radical (unpaired) electrons. The van der Waals surface area contributed by atoms with E-state index >= 15 is 0 Å². The first-order valence-electron chi connectivity index (χ1n) is 9.79. The highest BCUT2D eigenvalue weighted by atomic mass is 79.9. The monoisotopic (exact) mass is 471 g/mol. The number of amides is 2. The average molecular weight is 472 g/mol. The lowest BCUT2D eigenvalue weighted by molar-refractivity contribution is -0.130. The number of methoxy groups -OCH3 is 1. The molecule has 2 N–H and O–H groups in total. The Labute approximate surface area is 184 Å². The zero-order chi connectivity index (χ0) is 21.5. The molecule has 0 saturated heterocycles. The van der Waals surface area contributed by atoms with Crippen molar-refractivity contribution in [1.82, 2.24) is 15.2 Å². The molecule has 0 aliphatic heterocycles. The van der Waals surface area contributed by atoms with E-state index in [9.17, 15) is 9.59 Å². The topological polar surface area (TPSA) is 74.4 Å². The number of alkyl halides is 1. The number of aromatic nitrogens is 1. The molecule has 158 valence electrons. The van der Waals surface area contributed by atoms with Crippen LogP contribution < -0.4 is 10.1 Å². The number of nitrogens with one attached hydrogen (secondary N) is 2. The standard InChI is InChI=1S/C23H26BrN3O3/c1-16(28)27(14-17-7-9-20(30-2)10-8-17)15-19(26-23(29)12-24)11-18-13-25-22-6-4-3-5-21(18)22/h3-10,13,19,25H,11-12,14-15H2,1-2H3,(H,26,29). The van der Waals surface area contributed by atoms with Crippen molar-refractivity contribution in [1.29, 1.82) is 0 Å². The second kappa shape index (κ2) is 10.3. The number of halogens is 1. The molecule has 6 nitrogen and oxygen atoms in total. The van der Waals surface area contributed by atoms with E-state index in [0.29, 0.717) is 19.5 Å². The predicted molar refractivity (Wildman–Crippen MR) is 122 cm³/mol. The van der Waals surface area contributed by atoms with Gasteiger partial charge in [0.2, 0.25) is 11.8 Å². The van der Waals surface area contributed by atoms with Crippen molar-refractivity contribution in [3.63, 3.8) is 0 Å². The van der Waals surface area contributed by atoms with E-state index in [1.165, 1.54) is 0 Å². The van der Waals surface area contributed by atoms with E-state index in [-0.39, 0.29) is 23.2 Å². The molecule has 30 heavy (non-hydrogen) atoms. The number of carbonyl (C=O) groups excluding carboxylic acids is 2. The van der Waals surface area contributed by atoms with Gasteiger partial charge in [-0.15, -0.1) is 0 Å². The second-order valence-corrected chi connectivity index (χ2v) is 7.77. The fourth-order valence-corrected chi connectivity index (χ4v) is 3.68. The summed E-state index contributed by atoms with van der Waals surface area (Å²) in [6.07, 6.45) is 2.59. The molecule has 0 saturated carbocycles. The number of benzene rings is 2. The molecule has 1 unspecified atom stereocenters. The minimum absolute atomic E-state index is 0.0390. The molecule has 1 heterocycles. The number of hydrogen-bond acceptors (Lipinski definition) is 3. The molecule has 0 aliphatic rings. The van der Waals surface area contributed by atoms with Crippen LogP contribution in [-0.2, 0) is 22.6 Å². The molecular formula is C23H26BrN3O3. The smallest absolute Gasteiger partial charge is 0.230 e. The molecular weight excluding hydrogens is 446 g/mol. The Morgan fingerprint density at radius 3 is 2.57 bits per heavy atom. The maximum Gasteiger partial charge on any atom is 0.230 e. The van der Waals surface area contributed by atoms with Crippen molar-refractivity contribution in [3.05, 3.63) is 65.9 Å². The number of hydrogen-bond donors (Lipinski definition) is 2. The van der Waals surface area contributed by atoms with Crippen molar-refractivity contribution in [2.45, 2.75) is 25.9 Å². The molecule has 3 rings (SSSR count). The molecule has 0 spiro atoms. The van der Waals surface area contributed by atoms with Crippen LogP contribution in [0.15, 0.2) is 54.7 Å². The van der Waals surface area contributed by atoms with Crippen LogP contribution in [0.4, 0.5) is 0 Å². The third kappa shape index (κ3) is 5.63. The zero-order valence-corrected chi connectivity index (χ0v) is 18.7. The van der Waals surface area contributed by atoms with Crippen LogP contribution in [0, 0.1) is 0 Å². The van der Waals surface area contributed by atoms with Crippen LogP contribution in [-0.4, -0.2) is 46.7 Å². The van der Waals surface area contributed by atoms with E-state index in [1.807, 2.05) is 48.7 Å². The summed E-state index contributed by atoms with van der Waals surface area (Å²) >= 11 is 3.21. The summed E-state index contributed by atoms with van der Waals surface area (Å²) in [5.41, 5.74) is 3.17. The number of H-pyrrole nitrogens is 1. The van der Waals surface area contributed by atoms with Gasteiger partial charge in [0.1, 0.15) is 5.75 Å². The van der Waals surface area contributed by atoms with Crippen LogP contribution in [0.2, 0.25) is 0 Å². The number of carbonyl (C=O) groups is 2. The van der Waals surface area contributed by atoms with E-state index in [4.69, 9.17) is 4.74 Å². The fourth-order valence-electron chi connectivity index (χ4n) is 3.52. The molecule has 2 aromatic carbocycles. The van der Waals surface area contributed by atoms with Gasteiger partial charge in [0, 0.05) is 37.1 Å². The van der Waals surface area contributed by atoms with E-state index in [2.05, 4.69) is 32.3 Å². The summed E-state index contributed by atoms with van der Waals surface area (Å²) in [6, 6.07) is 15.5. The number of ether oxygens (including phenoxy) is 1. The van der Waals surface area contributed by atoms with Crippen LogP contribution in [0.3, 0.4) is 0 Å². The SMILES string of the molecule is COc1ccc(CN(CC(Cc2c[nH]c3ccccc23)NC(=O)CBr)C(C)=O)cc1. The summed E-state index contributed by atoms with van der Waals surface area (Å²) in [7, 11) is 1.62. The lowest BCUT2D eigenvalue weighted by Gasteiger charge is -2.27. The first-order valence-corrected chi connectivity index (χ1v) is 10.9. The van der Waals surface area contributed by atoms with Gasteiger partial charge in [0.25, 0.3) is 0 Å². The third-order valence-electron chi connectivity index (χ3n) is 5.05. The van der Waals surface area contributed by atoms with E-state index in [1.54, 1.807) is 18.9 Å². The largest absolute Gasteiger partial charge is 0.497 e. The predicted octanol–water partition coefficient (Wildman–Crippen LogP) is 3.65. The maximum absolute atomic E-state index is 12.4. The Hall–Kier alpha value is -2.80. The summed E-state index contributed by atoms with van der Waals surface area (Å²) < 4.78 is 5.20. The third-order valence-corrected chi connectivity index (χ3v) is 5.56. The van der Waals surface area contributed by atoms with Crippen LogP contribution >= 0.6 is 15.9 Å². The highest BCUT2D eigenvalue weighted by Crippen LogP contribution is 2.20. The molecule has 3 aromatic rings. The molecule has 0 bridgehead atoms. The summed E-state index contributed by atoms with van der Waals surface area (Å²) in [4.78, 5) is 29.5. The molecule has 0 aliphatic carbocycles. The van der Waals surface area contributed by atoms with Crippen molar-refractivity contribution in [2.75, 3.05) is 19.0 Å². The fraction of sp³-hybridized carbons (Fsp3) is 0.304. The van der Waals surface area contributed by atoms with Crippen molar-refractivity contribution in [3.8, 4) is 5.75 Å². The average Bonchev–Trinajstić information content (AvgIpc) is 3.16. The molecule has 1 aromatic heterocycles. The lowest BCUT2D eigenvalue weighted by atomic mass is 10.0. The Kier molecular flexibility index (Phi) is 7.52. The summed E-state index contributed by atoms with van der Waals surface area (Å²) in [5, 5.41) is 4.39. The van der Waals surface area contributed by atoms with Gasteiger partial charge >= 0.3 is 0 Å². The van der Waals surface area contributed by atoms with Gasteiger partial charge in [0.15, 0.2) is 0 Å². The van der Waals surface area contributed by atoms with Crippen LogP contribution in [0.25, 0.3) is 10.9 Å². The lowest BCUT2D eigenvalue weighted by Crippen LogP contribution is -2.46. The Bertz CT molecular complexity index is 1000. The number of para-hydroxylation sites is 1. The summed E-state index contributed by atoms with van der Waals surface area (Å²) in [6.45, 7) is 2.44. The first kappa shape index (κ1) is 21.9. The van der Waals surface area contributed by atoms with Crippen molar-refractivity contribution >= 4 is 38.6 Å². The molecule has 2 amide bonds. The minimum atomic E-state index is -0.212. The maximum atomic E-state index is 12.4. The normalized spacial score (nSPS) is 11.8. The Balaban J connectivity index is 1.78. The molecule has 0 fully saturated rings. The number of aromatic amines is 1.